The first kappa shape index (κ1) is 9.53. The lowest BCUT2D eigenvalue weighted by Crippen LogP contribution is -2.01. The molecule has 3 heteroatoms. The third-order valence-electron chi connectivity index (χ3n) is 2.48. The van der Waals surface area contributed by atoms with Crippen molar-refractivity contribution in [3.05, 3.63) is 34.9 Å². The minimum atomic E-state index is 0.706. The minimum Gasteiger partial charge on any atom is -0.411 e. The molecule has 1 aromatic rings. The van der Waals surface area contributed by atoms with Crippen molar-refractivity contribution in [2.75, 3.05) is 0 Å². The van der Waals surface area contributed by atoms with Crippen LogP contribution in [0.5, 0.6) is 0 Å². The average Bonchev–Trinajstić information content (AvgIpc) is 3.00. The van der Waals surface area contributed by atoms with E-state index in [9.17, 15) is 0 Å². The molecule has 1 aliphatic rings. The summed E-state index contributed by atoms with van der Waals surface area (Å²) in [5, 5.41) is 12.9. The quantitative estimate of drug-likeness (QED) is 0.462. The Bertz CT molecular complexity index is 341. The molecule has 74 valence electrons. The summed E-state index contributed by atoms with van der Waals surface area (Å²) < 4.78 is 0. The van der Waals surface area contributed by atoms with Gasteiger partial charge in [0, 0.05) is 5.02 Å². The third-order valence-corrected chi connectivity index (χ3v) is 2.73. The SMILES string of the molecule is O/N=C(\CC1CC1)c1ccc(Cl)cc1. The number of halogens is 1. The highest BCUT2D eigenvalue weighted by Crippen LogP contribution is 2.33. The van der Waals surface area contributed by atoms with Crippen LogP contribution in [0.25, 0.3) is 0 Å². The molecule has 2 rings (SSSR count). The Balaban J connectivity index is 2.14. The number of hydrogen-bond acceptors (Lipinski definition) is 2. The van der Waals surface area contributed by atoms with Crippen LogP contribution in [0.3, 0.4) is 0 Å². The van der Waals surface area contributed by atoms with Gasteiger partial charge in [-0.05, 0) is 42.9 Å². The van der Waals surface area contributed by atoms with Gasteiger partial charge in [-0.15, -0.1) is 0 Å². The van der Waals surface area contributed by atoms with Crippen molar-refractivity contribution in [2.45, 2.75) is 19.3 Å². The van der Waals surface area contributed by atoms with E-state index >= 15 is 0 Å². The molecular formula is C11H12ClNO. The molecule has 0 bridgehead atoms. The van der Waals surface area contributed by atoms with Crippen LogP contribution in [-0.4, -0.2) is 10.9 Å². The van der Waals surface area contributed by atoms with Gasteiger partial charge >= 0.3 is 0 Å². The van der Waals surface area contributed by atoms with Crippen molar-refractivity contribution in [2.24, 2.45) is 11.1 Å². The van der Waals surface area contributed by atoms with Gasteiger partial charge in [0.2, 0.25) is 0 Å². The number of benzene rings is 1. The van der Waals surface area contributed by atoms with E-state index in [4.69, 9.17) is 16.8 Å². The van der Waals surface area contributed by atoms with Crippen molar-refractivity contribution in [1.29, 1.82) is 0 Å². The predicted octanol–water partition coefficient (Wildman–Crippen LogP) is 3.32. The first-order chi connectivity index (χ1) is 6.79. The Kier molecular flexibility index (Phi) is 2.73. The van der Waals surface area contributed by atoms with Crippen molar-refractivity contribution < 1.29 is 5.21 Å². The van der Waals surface area contributed by atoms with Gasteiger partial charge in [-0.1, -0.05) is 28.9 Å². The van der Waals surface area contributed by atoms with Crippen LogP contribution in [0.15, 0.2) is 29.4 Å². The summed E-state index contributed by atoms with van der Waals surface area (Å²) >= 11 is 5.78. The molecule has 0 atom stereocenters. The molecule has 0 aliphatic heterocycles. The molecule has 14 heavy (non-hydrogen) atoms. The molecule has 1 fully saturated rings. The molecule has 1 N–H and O–H groups in total. The number of hydrogen-bond donors (Lipinski definition) is 1. The highest BCUT2D eigenvalue weighted by atomic mass is 35.5. The minimum absolute atomic E-state index is 0.706. The predicted molar refractivity (Wildman–Crippen MR) is 57.1 cm³/mol. The highest BCUT2D eigenvalue weighted by molar-refractivity contribution is 6.30. The molecule has 0 saturated heterocycles. The molecule has 0 amide bonds. The van der Waals surface area contributed by atoms with Gasteiger partial charge < -0.3 is 5.21 Å². The van der Waals surface area contributed by atoms with E-state index in [1.165, 1.54) is 12.8 Å². The molecule has 1 aromatic carbocycles. The van der Waals surface area contributed by atoms with Crippen LogP contribution >= 0.6 is 11.6 Å². The van der Waals surface area contributed by atoms with Crippen LogP contribution in [0.2, 0.25) is 5.02 Å². The summed E-state index contributed by atoms with van der Waals surface area (Å²) in [6, 6.07) is 7.41. The van der Waals surface area contributed by atoms with Gasteiger partial charge in [0.1, 0.15) is 0 Å². The summed E-state index contributed by atoms with van der Waals surface area (Å²) in [5.41, 5.74) is 1.73. The maximum Gasteiger partial charge on any atom is 0.0870 e. The Morgan fingerprint density at radius 1 is 1.36 bits per heavy atom. The summed E-state index contributed by atoms with van der Waals surface area (Å²) in [4.78, 5) is 0. The van der Waals surface area contributed by atoms with Gasteiger partial charge in [0.25, 0.3) is 0 Å². The van der Waals surface area contributed by atoms with Crippen LogP contribution in [0.4, 0.5) is 0 Å². The molecule has 0 unspecified atom stereocenters. The summed E-state index contributed by atoms with van der Waals surface area (Å²) in [5.74, 6) is 0.719. The van der Waals surface area contributed by atoms with Crippen LogP contribution < -0.4 is 0 Å². The topological polar surface area (TPSA) is 32.6 Å². The Hall–Kier alpha value is -1.02. The Morgan fingerprint density at radius 2 is 2.00 bits per heavy atom. The molecule has 0 heterocycles. The second kappa shape index (κ2) is 4.01. The molecule has 2 nitrogen and oxygen atoms in total. The molecular weight excluding hydrogens is 198 g/mol. The summed E-state index contributed by atoms with van der Waals surface area (Å²) in [6.45, 7) is 0. The van der Waals surface area contributed by atoms with E-state index < -0.39 is 0 Å². The van der Waals surface area contributed by atoms with Crippen molar-refractivity contribution in [3.8, 4) is 0 Å². The normalized spacial score (nSPS) is 17.1. The maximum absolute atomic E-state index is 8.88. The first-order valence-electron chi connectivity index (χ1n) is 4.76. The Labute approximate surface area is 88.2 Å². The standard InChI is InChI=1S/C11H12ClNO/c12-10-5-3-9(4-6-10)11(13-14)7-8-1-2-8/h3-6,8,14H,1-2,7H2/b13-11+. The van der Waals surface area contributed by atoms with Gasteiger partial charge in [0.15, 0.2) is 0 Å². The second-order valence-electron chi connectivity index (χ2n) is 3.70. The fourth-order valence-electron chi connectivity index (χ4n) is 1.45. The zero-order valence-electron chi connectivity index (χ0n) is 7.78. The monoisotopic (exact) mass is 209 g/mol. The first-order valence-corrected chi connectivity index (χ1v) is 5.14. The zero-order valence-corrected chi connectivity index (χ0v) is 8.54. The van der Waals surface area contributed by atoms with Crippen molar-refractivity contribution in [3.63, 3.8) is 0 Å². The average molecular weight is 210 g/mol. The van der Waals surface area contributed by atoms with Crippen LogP contribution in [0.1, 0.15) is 24.8 Å². The zero-order chi connectivity index (χ0) is 9.97. The number of oxime groups is 1. The molecule has 1 saturated carbocycles. The lowest BCUT2D eigenvalue weighted by Gasteiger charge is -2.03. The van der Waals surface area contributed by atoms with E-state index in [0.717, 1.165) is 23.6 Å². The van der Waals surface area contributed by atoms with Gasteiger partial charge in [-0.25, -0.2) is 0 Å². The summed E-state index contributed by atoms with van der Waals surface area (Å²) in [7, 11) is 0. The number of nitrogens with zero attached hydrogens (tertiary/aromatic N) is 1. The molecule has 0 radical (unpaired) electrons. The largest absolute Gasteiger partial charge is 0.411 e. The highest BCUT2D eigenvalue weighted by Gasteiger charge is 2.24. The van der Waals surface area contributed by atoms with E-state index in [2.05, 4.69) is 5.16 Å². The number of rotatable bonds is 3. The lowest BCUT2D eigenvalue weighted by atomic mass is 10.1. The van der Waals surface area contributed by atoms with E-state index in [1.807, 2.05) is 24.3 Å². The fraction of sp³-hybridized carbons (Fsp3) is 0.364. The lowest BCUT2D eigenvalue weighted by molar-refractivity contribution is 0.317. The fourth-order valence-corrected chi connectivity index (χ4v) is 1.58. The Morgan fingerprint density at radius 3 is 2.50 bits per heavy atom. The molecule has 1 aliphatic carbocycles. The van der Waals surface area contributed by atoms with Gasteiger partial charge in [-0.3, -0.25) is 0 Å². The van der Waals surface area contributed by atoms with E-state index in [1.54, 1.807) is 0 Å². The van der Waals surface area contributed by atoms with Crippen LogP contribution in [-0.2, 0) is 0 Å². The maximum atomic E-state index is 8.88. The molecule has 0 aromatic heterocycles. The van der Waals surface area contributed by atoms with E-state index in [0.29, 0.717) is 5.02 Å². The summed E-state index contributed by atoms with van der Waals surface area (Å²) in [6.07, 6.45) is 3.39. The third kappa shape index (κ3) is 2.26. The van der Waals surface area contributed by atoms with Gasteiger partial charge in [-0.2, -0.15) is 0 Å². The second-order valence-corrected chi connectivity index (χ2v) is 4.14. The van der Waals surface area contributed by atoms with Crippen LogP contribution in [0, 0.1) is 5.92 Å². The van der Waals surface area contributed by atoms with Crippen molar-refractivity contribution in [1.82, 2.24) is 0 Å². The smallest absolute Gasteiger partial charge is 0.0870 e. The molecule has 0 spiro atoms. The van der Waals surface area contributed by atoms with Crippen molar-refractivity contribution >= 4 is 17.3 Å². The van der Waals surface area contributed by atoms with E-state index in [-0.39, 0.29) is 0 Å². The van der Waals surface area contributed by atoms with Gasteiger partial charge in [0.05, 0.1) is 5.71 Å².